The van der Waals surface area contributed by atoms with Crippen LogP contribution in [-0.2, 0) is 0 Å². The Labute approximate surface area is 188 Å². The number of aryl methyl sites for hydroxylation is 1. The van der Waals surface area contributed by atoms with Crippen LogP contribution in [-0.4, -0.2) is 28.1 Å². The first-order chi connectivity index (χ1) is 15.2. The molecule has 31 heavy (non-hydrogen) atoms. The minimum atomic E-state index is 0.413. The normalized spacial score (nSPS) is 14.6. The van der Waals surface area contributed by atoms with Crippen LogP contribution in [0, 0.1) is 6.92 Å². The number of hydrogen-bond acceptors (Lipinski definition) is 7. The summed E-state index contributed by atoms with van der Waals surface area (Å²) < 4.78 is 5.37. The van der Waals surface area contributed by atoms with Crippen LogP contribution < -0.4 is 15.4 Å². The Hall–Kier alpha value is -2.80. The lowest BCUT2D eigenvalue weighted by molar-refractivity contribution is 0.412. The van der Waals surface area contributed by atoms with Crippen molar-refractivity contribution in [2.75, 3.05) is 17.7 Å². The monoisotopic (exact) mass is 435 g/mol. The molecule has 0 unspecified atom stereocenters. The number of benzene rings is 2. The molecule has 0 aliphatic heterocycles. The molecule has 6 nitrogen and oxygen atoms in total. The Morgan fingerprint density at radius 2 is 1.65 bits per heavy atom. The molecule has 0 atom stereocenters. The molecular formula is C24H29N5OS. The van der Waals surface area contributed by atoms with E-state index in [4.69, 9.17) is 9.72 Å². The fourth-order valence-corrected chi connectivity index (χ4v) is 4.58. The van der Waals surface area contributed by atoms with Crippen molar-refractivity contribution in [2.45, 2.75) is 61.5 Å². The van der Waals surface area contributed by atoms with E-state index in [1.54, 1.807) is 7.11 Å². The lowest BCUT2D eigenvalue weighted by Crippen LogP contribution is -2.20. The van der Waals surface area contributed by atoms with E-state index in [9.17, 15) is 0 Å². The van der Waals surface area contributed by atoms with Crippen LogP contribution in [0.2, 0.25) is 0 Å². The number of rotatable bonds is 7. The fraction of sp³-hybridized carbons (Fsp3) is 0.375. The number of ether oxygens (including phenoxy) is 1. The van der Waals surface area contributed by atoms with Crippen molar-refractivity contribution >= 4 is 29.3 Å². The third-order valence-corrected chi connectivity index (χ3v) is 6.28. The predicted molar refractivity (Wildman–Crippen MR) is 127 cm³/mol. The van der Waals surface area contributed by atoms with Crippen LogP contribution in [0.25, 0.3) is 0 Å². The Morgan fingerprint density at radius 3 is 2.35 bits per heavy atom. The summed E-state index contributed by atoms with van der Waals surface area (Å²) in [5.74, 6) is 2.03. The number of methoxy groups -OCH3 is 1. The standard InChI is InChI=1S/C24H29N5OS/c1-17-16-19(14-15-21(17)30-2)26-23-27-22(25-18-10-6-3-4-7-11-18)28-24(29-23)31-20-12-8-5-9-13-20/h5,8-9,12-16,18H,3-4,6-7,10-11H2,1-2H3,(H2,25,26,27,28,29). The maximum Gasteiger partial charge on any atom is 0.233 e. The highest BCUT2D eigenvalue weighted by atomic mass is 32.2. The van der Waals surface area contributed by atoms with Crippen molar-refractivity contribution < 1.29 is 4.74 Å². The first kappa shape index (κ1) is 21.4. The minimum Gasteiger partial charge on any atom is -0.496 e. The van der Waals surface area contributed by atoms with Crippen LogP contribution in [0.3, 0.4) is 0 Å². The van der Waals surface area contributed by atoms with Gasteiger partial charge in [0, 0.05) is 16.6 Å². The maximum absolute atomic E-state index is 5.37. The molecule has 0 saturated heterocycles. The Kier molecular flexibility index (Phi) is 7.25. The molecule has 1 saturated carbocycles. The molecule has 0 amide bonds. The van der Waals surface area contributed by atoms with Crippen LogP contribution >= 0.6 is 11.8 Å². The van der Waals surface area contributed by atoms with E-state index in [0.29, 0.717) is 23.1 Å². The molecule has 0 bridgehead atoms. The molecule has 1 aliphatic carbocycles. The van der Waals surface area contributed by atoms with Gasteiger partial charge >= 0.3 is 0 Å². The molecule has 1 aromatic heterocycles. The van der Waals surface area contributed by atoms with E-state index >= 15 is 0 Å². The van der Waals surface area contributed by atoms with Crippen LogP contribution in [0.4, 0.5) is 17.6 Å². The summed E-state index contributed by atoms with van der Waals surface area (Å²) in [6.07, 6.45) is 7.46. The van der Waals surface area contributed by atoms with Gasteiger partial charge in [-0.25, -0.2) is 0 Å². The molecule has 0 radical (unpaired) electrons. The number of nitrogens with zero attached hydrogens (tertiary/aromatic N) is 3. The largest absolute Gasteiger partial charge is 0.496 e. The molecule has 2 N–H and O–H groups in total. The van der Waals surface area contributed by atoms with Crippen LogP contribution in [0.5, 0.6) is 5.75 Å². The van der Waals surface area contributed by atoms with E-state index in [1.165, 1.54) is 37.4 Å². The van der Waals surface area contributed by atoms with Gasteiger partial charge in [-0.3, -0.25) is 0 Å². The maximum atomic E-state index is 5.37. The topological polar surface area (TPSA) is 72.0 Å². The van der Waals surface area contributed by atoms with Gasteiger partial charge in [0.25, 0.3) is 0 Å². The number of hydrogen-bond donors (Lipinski definition) is 2. The summed E-state index contributed by atoms with van der Waals surface area (Å²) in [5.41, 5.74) is 1.97. The summed E-state index contributed by atoms with van der Waals surface area (Å²) in [6.45, 7) is 2.02. The van der Waals surface area contributed by atoms with Gasteiger partial charge in [-0.2, -0.15) is 15.0 Å². The third-order valence-electron chi connectivity index (χ3n) is 5.41. The van der Waals surface area contributed by atoms with Gasteiger partial charge in [-0.05, 0) is 67.4 Å². The lowest BCUT2D eigenvalue weighted by Gasteiger charge is -2.17. The van der Waals surface area contributed by atoms with Crippen LogP contribution in [0.15, 0.2) is 58.6 Å². The second kappa shape index (κ2) is 10.5. The average Bonchev–Trinajstić information content (AvgIpc) is 3.03. The Balaban J connectivity index is 1.59. The van der Waals surface area contributed by atoms with E-state index < -0.39 is 0 Å². The van der Waals surface area contributed by atoms with Gasteiger partial charge < -0.3 is 15.4 Å². The summed E-state index contributed by atoms with van der Waals surface area (Å²) in [7, 11) is 1.68. The summed E-state index contributed by atoms with van der Waals surface area (Å²) in [6, 6.07) is 16.5. The summed E-state index contributed by atoms with van der Waals surface area (Å²) >= 11 is 1.54. The van der Waals surface area contributed by atoms with Crippen molar-refractivity contribution in [1.82, 2.24) is 15.0 Å². The molecule has 2 aromatic carbocycles. The summed E-state index contributed by atoms with van der Waals surface area (Å²) in [5, 5.41) is 7.58. The van der Waals surface area contributed by atoms with Crippen molar-refractivity contribution in [3.8, 4) is 5.75 Å². The van der Waals surface area contributed by atoms with E-state index in [0.717, 1.165) is 34.7 Å². The van der Waals surface area contributed by atoms with Crippen molar-refractivity contribution in [1.29, 1.82) is 0 Å². The smallest absolute Gasteiger partial charge is 0.233 e. The van der Waals surface area contributed by atoms with E-state index in [2.05, 4.69) is 32.7 Å². The van der Waals surface area contributed by atoms with E-state index in [-0.39, 0.29) is 0 Å². The highest BCUT2D eigenvalue weighted by molar-refractivity contribution is 7.99. The lowest BCUT2D eigenvalue weighted by atomic mass is 10.1. The van der Waals surface area contributed by atoms with Crippen molar-refractivity contribution in [2.24, 2.45) is 0 Å². The van der Waals surface area contributed by atoms with Crippen molar-refractivity contribution in [3.05, 3.63) is 54.1 Å². The molecule has 1 fully saturated rings. The van der Waals surface area contributed by atoms with Gasteiger partial charge in [0.15, 0.2) is 5.16 Å². The minimum absolute atomic E-state index is 0.413. The second-order valence-corrected chi connectivity index (χ2v) is 8.86. The molecule has 1 heterocycles. The molecule has 0 spiro atoms. The first-order valence-corrected chi connectivity index (χ1v) is 11.7. The van der Waals surface area contributed by atoms with Crippen LogP contribution in [0.1, 0.15) is 44.1 Å². The van der Waals surface area contributed by atoms with Gasteiger partial charge in [0.2, 0.25) is 11.9 Å². The third kappa shape index (κ3) is 6.10. The SMILES string of the molecule is COc1ccc(Nc2nc(NC3CCCCCC3)nc(Sc3ccccc3)n2)cc1C. The fourth-order valence-electron chi connectivity index (χ4n) is 3.81. The predicted octanol–water partition coefficient (Wildman–Crippen LogP) is 6.22. The molecular weight excluding hydrogens is 406 g/mol. The number of anilines is 3. The molecule has 1 aliphatic rings. The van der Waals surface area contributed by atoms with Gasteiger partial charge in [-0.1, -0.05) is 43.9 Å². The zero-order valence-electron chi connectivity index (χ0n) is 18.1. The van der Waals surface area contributed by atoms with Gasteiger partial charge in [-0.15, -0.1) is 0 Å². The zero-order valence-corrected chi connectivity index (χ0v) is 18.9. The molecule has 162 valence electrons. The second-order valence-electron chi connectivity index (χ2n) is 7.82. The number of nitrogens with one attached hydrogen (secondary N) is 2. The van der Waals surface area contributed by atoms with Crippen molar-refractivity contribution in [3.63, 3.8) is 0 Å². The van der Waals surface area contributed by atoms with Gasteiger partial charge in [0.1, 0.15) is 5.75 Å². The first-order valence-electron chi connectivity index (χ1n) is 10.9. The Bertz CT molecular complexity index is 991. The Morgan fingerprint density at radius 1 is 0.903 bits per heavy atom. The summed E-state index contributed by atoms with van der Waals surface area (Å²) in [4.78, 5) is 15.2. The number of aromatic nitrogens is 3. The quantitative estimate of drug-likeness (QED) is 0.427. The molecule has 3 aromatic rings. The zero-order chi connectivity index (χ0) is 21.5. The van der Waals surface area contributed by atoms with E-state index in [1.807, 2.05) is 43.3 Å². The highest BCUT2D eigenvalue weighted by Crippen LogP contribution is 2.28. The molecule has 4 rings (SSSR count). The van der Waals surface area contributed by atoms with Gasteiger partial charge in [0.05, 0.1) is 7.11 Å². The molecule has 7 heteroatoms. The highest BCUT2D eigenvalue weighted by Gasteiger charge is 2.15. The average molecular weight is 436 g/mol.